The van der Waals surface area contributed by atoms with E-state index in [1.54, 1.807) is 0 Å². The monoisotopic (exact) mass is 470 g/mol. The van der Waals surface area contributed by atoms with Crippen LogP contribution in [0.3, 0.4) is 0 Å². The van der Waals surface area contributed by atoms with Crippen LogP contribution in [0, 0.1) is 0 Å². The van der Waals surface area contributed by atoms with Crippen LogP contribution in [0.25, 0.3) is 0 Å². The molecule has 0 aliphatic carbocycles. The van der Waals surface area contributed by atoms with Gasteiger partial charge in [0.2, 0.25) is 0 Å². The molecule has 1 atom stereocenters. The van der Waals surface area contributed by atoms with Crippen LogP contribution in [0.2, 0.25) is 0 Å². The van der Waals surface area contributed by atoms with Gasteiger partial charge in [0.05, 0.1) is 0 Å². The first-order chi connectivity index (χ1) is 16.5. The summed E-state index contributed by atoms with van der Waals surface area (Å²) in [5, 5.41) is 2.32. The van der Waals surface area contributed by atoms with Crippen molar-refractivity contribution in [2.75, 3.05) is 11.9 Å². The molecule has 6 nitrogen and oxygen atoms in total. The number of hydrogen-bond donors (Lipinski definition) is 1. The lowest BCUT2D eigenvalue weighted by atomic mass is 10.0. The van der Waals surface area contributed by atoms with E-state index in [-0.39, 0.29) is 24.9 Å². The van der Waals surface area contributed by atoms with E-state index in [4.69, 9.17) is 0 Å². The Hall–Kier alpha value is -3.71. The SMILES string of the molecule is CCc1ccc(NC(=O)C[N+]2=C3c4ccccc4SC3C(=O)N(Cc3ccccc3)C2=O)cc1. The van der Waals surface area contributed by atoms with Gasteiger partial charge < -0.3 is 5.32 Å². The number of nitrogens with zero attached hydrogens (tertiary/aromatic N) is 2. The zero-order valence-electron chi connectivity index (χ0n) is 18.7. The molecule has 0 radical (unpaired) electrons. The van der Waals surface area contributed by atoms with Gasteiger partial charge in [-0.05, 0) is 41.8 Å². The average Bonchev–Trinajstić information content (AvgIpc) is 3.25. The maximum atomic E-state index is 13.6. The molecule has 1 N–H and O–H groups in total. The second-order valence-electron chi connectivity index (χ2n) is 8.26. The molecule has 3 aromatic carbocycles. The van der Waals surface area contributed by atoms with Crippen molar-refractivity contribution in [2.24, 2.45) is 0 Å². The molecule has 34 heavy (non-hydrogen) atoms. The fraction of sp³-hybridized carbons (Fsp3) is 0.185. The van der Waals surface area contributed by atoms with Crippen molar-refractivity contribution in [3.05, 3.63) is 95.6 Å². The predicted octanol–water partition coefficient (Wildman–Crippen LogP) is 4.33. The zero-order chi connectivity index (χ0) is 23.7. The van der Waals surface area contributed by atoms with Crippen molar-refractivity contribution in [3.8, 4) is 0 Å². The molecule has 2 aliphatic heterocycles. The highest BCUT2D eigenvalue weighted by atomic mass is 32.2. The third kappa shape index (κ3) is 4.15. The van der Waals surface area contributed by atoms with Gasteiger partial charge in [-0.25, -0.2) is 4.79 Å². The summed E-state index contributed by atoms with van der Waals surface area (Å²) in [5.74, 6) is -0.566. The number of nitrogens with one attached hydrogen (secondary N) is 1. The molecule has 0 bridgehead atoms. The molecule has 1 unspecified atom stereocenters. The number of imide groups is 1. The number of hydrogen-bond acceptors (Lipinski definition) is 4. The Labute approximate surface area is 202 Å². The summed E-state index contributed by atoms with van der Waals surface area (Å²) >= 11 is 1.43. The Morgan fingerprint density at radius 2 is 1.65 bits per heavy atom. The molecule has 0 fully saturated rings. The fourth-order valence-electron chi connectivity index (χ4n) is 4.28. The largest absolute Gasteiger partial charge is 0.501 e. The van der Waals surface area contributed by atoms with Gasteiger partial charge in [0.15, 0.2) is 11.8 Å². The van der Waals surface area contributed by atoms with Crippen LogP contribution in [0.5, 0.6) is 0 Å². The molecule has 3 aromatic rings. The van der Waals surface area contributed by atoms with Crippen LogP contribution in [-0.2, 0) is 22.6 Å². The summed E-state index contributed by atoms with van der Waals surface area (Å²) in [5.41, 5.74) is 4.13. The molecule has 4 amide bonds. The van der Waals surface area contributed by atoms with E-state index in [9.17, 15) is 14.4 Å². The van der Waals surface area contributed by atoms with Crippen LogP contribution in [-0.4, -0.2) is 44.8 Å². The van der Waals surface area contributed by atoms with Gasteiger partial charge in [-0.2, -0.15) is 14.3 Å². The molecule has 0 aromatic heterocycles. The van der Waals surface area contributed by atoms with Gasteiger partial charge in [-0.15, -0.1) is 11.8 Å². The summed E-state index contributed by atoms with van der Waals surface area (Å²) in [4.78, 5) is 42.2. The van der Waals surface area contributed by atoms with Gasteiger partial charge in [0.25, 0.3) is 5.91 Å². The number of rotatable bonds is 6. The number of amides is 4. The normalized spacial score (nSPS) is 17.0. The molecule has 7 heteroatoms. The Morgan fingerprint density at radius 3 is 2.38 bits per heavy atom. The minimum Gasteiger partial charge on any atom is -0.323 e. The van der Waals surface area contributed by atoms with Crippen molar-refractivity contribution in [1.29, 1.82) is 0 Å². The third-order valence-corrected chi connectivity index (χ3v) is 7.30. The first-order valence-electron chi connectivity index (χ1n) is 11.2. The van der Waals surface area contributed by atoms with Crippen LogP contribution < -0.4 is 5.32 Å². The number of fused-ring (bicyclic) bond motifs is 3. The molecule has 2 aliphatic rings. The number of anilines is 1. The first kappa shape index (κ1) is 22.1. The van der Waals surface area contributed by atoms with Crippen LogP contribution >= 0.6 is 11.8 Å². The minimum absolute atomic E-state index is 0.162. The lowest BCUT2D eigenvalue weighted by Crippen LogP contribution is -2.56. The molecule has 2 heterocycles. The molecule has 5 rings (SSSR count). The number of aryl methyl sites for hydroxylation is 1. The summed E-state index contributed by atoms with van der Waals surface area (Å²) in [6.45, 7) is 2.06. The molecule has 0 saturated heterocycles. The summed E-state index contributed by atoms with van der Waals surface area (Å²) < 4.78 is 1.46. The highest BCUT2D eigenvalue weighted by molar-refractivity contribution is 8.02. The molecule has 0 saturated carbocycles. The smallest absolute Gasteiger partial charge is 0.323 e. The summed E-state index contributed by atoms with van der Waals surface area (Å²) in [6, 6.07) is 24.2. The standard InChI is InChI=1S/C27H23N3O3S/c1-2-18-12-14-20(15-13-18)28-23(31)17-29-24-21-10-6-7-11-22(21)34-25(24)26(32)30(27(29)33)16-19-8-4-3-5-9-19/h3-15,25H,2,16-17H2,1H3/p+1. The van der Waals surface area contributed by atoms with Gasteiger partial charge in [0.1, 0.15) is 12.3 Å². The Morgan fingerprint density at radius 1 is 0.941 bits per heavy atom. The highest BCUT2D eigenvalue weighted by Crippen LogP contribution is 2.40. The number of urea groups is 1. The number of benzene rings is 3. The average molecular weight is 471 g/mol. The van der Waals surface area contributed by atoms with Gasteiger partial charge >= 0.3 is 11.9 Å². The summed E-state index contributed by atoms with van der Waals surface area (Å²) in [7, 11) is 0. The lowest BCUT2D eigenvalue weighted by molar-refractivity contribution is -0.426. The Bertz CT molecular complexity index is 1300. The van der Waals surface area contributed by atoms with Crippen molar-refractivity contribution in [3.63, 3.8) is 0 Å². The number of carbonyl (C=O) groups excluding carboxylic acids is 3. The predicted molar refractivity (Wildman–Crippen MR) is 132 cm³/mol. The van der Waals surface area contributed by atoms with Crippen molar-refractivity contribution >= 4 is 41.0 Å². The van der Waals surface area contributed by atoms with Gasteiger partial charge in [-0.1, -0.05) is 61.5 Å². The minimum atomic E-state index is -0.560. The molecule has 170 valence electrons. The number of thioether (sulfide) groups is 1. The van der Waals surface area contributed by atoms with Crippen LogP contribution in [0.15, 0.2) is 83.8 Å². The maximum Gasteiger partial charge on any atom is 0.501 e. The second-order valence-corrected chi connectivity index (χ2v) is 9.40. The van der Waals surface area contributed by atoms with E-state index in [1.807, 2.05) is 78.9 Å². The highest BCUT2D eigenvalue weighted by Gasteiger charge is 2.52. The Kier molecular flexibility index (Phi) is 6.02. The van der Waals surface area contributed by atoms with Crippen molar-refractivity contribution < 1.29 is 19.0 Å². The van der Waals surface area contributed by atoms with Gasteiger partial charge in [-0.3, -0.25) is 4.79 Å². The topological polar surface area (TPSA) is 69.5 Å². The fourth-order valence-corrected chi connectivity index (χ4v) is 5.58. The van der Waals surface area contributed by atoms with E-state index in [0.29, 0.717) is 11.4 Å². The van der Waals surface area contributed by atoms with Crippen molar-refractivity contribution in [2.45, 2.75) is 30.0 Å². The molecule has 0 spiro atoms. The quantitative estimate of drug-likeness (QED) is 0.545. The lowest BCUT2D eigenvalue weighted by Gasteiger charge is -2.24. The van der Waals surface area contributed by atoms with E-state index < -0.39 is 11.3 Å². The zero-order valence-corrected chi connectivity index (χ0v) is 19.5. The second kappa shape index (κ2) is 9.27. The first-order valence-corrected chi connectivity index (χ1v) is 12.1. The summed E-state index contributed by atoms with van der Waals surface area (Å²) in [6.07, 6.45) is 0.915. The Balaban J connectivity index is 1.48. The third-order valence-electron chi connectivity index (χ3n) is 6.03. The number of carbonyl (C=O) groups is 3. The van der Waals surface area contributed by atoms with E-state index in [2.05, 4.69) is 12.2 Å². The van der Waals surface area contributed by atoms with Gasteiger partial charge in [0, 0.05) is 16.1 Å². The van der Waals surface area contributed by atoms with E-state index >= 15 is 0 Å². The van der Waals surface area contributed by atoms with E-state index in [0.717, 1.165) is 22.4 Å². The van der Waals surface area contributed by atoms with Crippen LogP contribution in [0.1, 0.15) is 23.6 Å². The van der Waals surface area contributed by atoms with Crippen LogP contribution in [0.4, 0.5) is 10.5 Å². The van der Waals surface area contributed by atoms with E-state index in [1.165, 1.54) is 26.8 Å². The molecular weight excluding hydrogens is 446 g/mol. The molecular formula is C27H24N3O3S+. The maximum absolute atomic E-state index is 13.6. The van der Waals surface area contributed by atoms with Crippen molar-refractivity contribution in [1.82, 2.24) is 4.90 Å².